The highest BCUT2D eigenvalue weighted by Gasteiger charge is 2.13. The van der Waals surface area contributed by atoms with Gasteiger partial charge in [0, 0.05) is 17.2 Å². The second kappa shape index (κ2) is 7.10. The molecule has 0 amide bonds. The number of benzene rings is 1. The van der Waals surface area contributed by atoms with Crippen LogP contribution in [0.25, 0.3) is 16.2 Å². The summed E-state index contributed by atoms with van der Waals surface area (Å²) in [5.74, 6) is 0.377. The second-order valence-corrected chi connectivity index (χ2v) is 4.99. The summed E-state index contributed by atoms with van der Waals surface area (Å²) < 4.78 is 21.2. The van der Waals surface area contributed by atoms with Gasteiger partial charge in [-0.2, -0.15) is 0 Å². The molecule has 2 aromatic rings. The standard InChI is InChI=1S/C15H16O5S/c1-17-9-20-12-5-4-10(14-11(12)6-7-21-14)8-13(18-2)15(16)19-3/h4-8H,9H2,1-3H3/b13-8+. The Bertz CT molecular complexity index is 659. The molecular formula is C15H16O5S. The summed E-state index contributed by atoms with van der Waals surface area (Å²) in [6.45, 7) is 0.186. The van der Waals surface area contributed by atoms with Gasteiger partial charge in [-0.1, -0.05) is 0 Å². The summed E-state index contributed by atoms with van der Waals surface area (Å²) in [7, 11) is 4.32. The van der Waals surface area contributed by atoms with E-state index >= 15 is 0 Å². The average molecular weight is 308 g/mol. The molecule has 21 heavy (non-hydrogen) atoms. The zero-order valence-corrected chi connectivity index (χ0v) is 12.9. The number of carbonyl (C=O) groups excluding carboxylic acids is 1. The first-order valence-corrected chi connectivity index (χ1v) is 7.05. The molecular weight excluding hydrogens is 292 g/mol. The van der Waals surface area contributed by atoms with E-state index in [1.165, 1.54) is 14.2 Å². The number of methoxy groups -OCH3 is 3. The number of hydrogen-bond donors (Lipinski definition) is 0. The molecule has 0 spiro atoms. The van der Waals surface area contributed by atoms with Gasteiger partial charge in [-0.15, -0.1) is 11.3 Å². The fourth-order valence-electron chi connectivity index (χ4n) is 1.86. The summed E-state index contributed by atoms with van der Waals surface area (Å²) in [6, 6.07) is 5.67. The molecule has 0 saturated carbocycles. The summed E-state index contributed by atoms with van der Waals surface area (Å²) in [5.41, 5.74) is 0.868. The number of esters is 1. The Morgan fingerprint density at radius 3 is 2.67 bits per heavy atom. The van der Waals surface area contributed by atoms with Gasteiger partial charge in [-0.3, -0.25) is 0 Å². The highest BCUT2D eigenvalue weighted by atomic mass is 32.1. The molecule has 0 aliphatic carbocycles. The number of ether oxygens (including phenoxy) is 4. The zero-order chi connectivity index (χ0) is 15.2. The van der Waals surface area contributed by atoms with Crippen LogP contribution in [0.2, 0.25) is 0 Å². The van der Waals surface area contributed by atoms with Gasteiger partial charge in [0.15, 0.2) is 6.79 Å². The van der Waals surface area contributed by atoms with E-state index in [4.69, 9.17) is 14.2 Å². The van der Waals surface area contributed by atoms with Crippen molar-refractivity contribution < 1.29 is 23.7 Å². The number of fused-ring (bicyclic) bond motifs is 1. The van der Waals surface area contributed by atoms with Crippen LogP contribution in [0.1, 0.15) is 5.56 Å². The Morgan fingerprint density at radius 2 is 2.00 bits per heavy atom. The molecule has 0 unspecified atom stereocenters. The largest absolute Gasteiger partial charge is 0.490 e. The van der Waals surface area contributed by atoms with Gasteiger partial charge >= 0.3 is 5.97 Å². The zero-order valence-electron chi connectivity index (χ0n) is 12.0. The minimum absolute atomic E-state index is 0.151. The quantitative estimate of drug-likeness (QED) is 0.355. The monoisotopic (exact) mass is 308 g/mol. The van der Waals surface area contributed by atoms with Crippen LogP contribution in [0, 0.1) is 0 Å². The summed E-state index contributed by atoms with van der Waals surface area (Å²) in [4.78, 5) is 11.6. The third-order valence-electron chi connectivity index (χ3n) is 2.83. The smallest absolute Gasteiger partial charge is 0.373 e. The molecule has 0 radical (unpaired) electrons. The topological polar surface area (TPSA) is 54.0 Å². The van der Waals surface area contributed by atoms with Crippen molar-refractivity contribution in [1.29, 1.82) is 0 Å². The van der Waals surface area contributed by atoms with E-state index in [2.05, 4.69) is 4.74 Å². The molecule has 2 rings (SSSR count). The van der Waals surface area contributed by atoms with E-state index in [1.807, 2.05) is 23.6 Å². The van der Waals surface area contributed by atoms with Crippen LogP contribution >= 0.6 is 11.3 Å². The molecule has 0 aliphatic rings. The maximum Gasteiger partial charge on any atom is 0.373 e. The van der Waals surface area contributed by atoms with Gasteiger partial charge in [0.05, 0.1) is 14.2 Å². The van der Waals surface area contributed by atoms with Gasteiger partial charge in [0.25, 0.3) is 0 Å². The van der Waals surface area contributed by atoms with Crippen molar-refractivity contribution in [3.05, 3.63) is 34.9 Å². The SMILES string of the molecule is COCOc1ccc(/C=C(/OC)C(=O)OC)c2sccc12. The Morgan fingerprint density at radius 1 is 1.19 bits per heavy atom. The fourth-order valence-corrected chi connectivity index (χ4v) is 2.76. The Balaban J connectivity index is 2.44. The van der Waals surface area contributed by atoms with Gasteiger partial charge < -0.3 is 18.9 Å². The Hall–Kier alpha value is -2.05. The lowest BCUT2D eigenvalue weighted by Crippen LogP contribution is -2.06. The van der Waals surface area contributed by atoms with Gasteiger partial charge in [-0.05, 0) is 35.2 Å². The molecule has 1 aromatic carbocycles. The van der Waals surface area contributed by atoms with Crippen LogP contribution in [0.4, 0.5) is 0 Å². The van der Waals surface area contributed by atoms with E-state index in [0.717, 1.165) is 21.4 Å². The Labute approximate surface area is 126 Å². The first-order chi connectivity index (χ1) is 10.2. The molecule has 112 valence electrons. The lowest BCUT2D eigenvalue weighted by atomic mass is 10.1. The van der Waals surface area contributed by atoms with Crippen LogP contribution in [-0.4, -0.2) is 34.1 Å². The molecule has 0 fully saturated rings. The van der Waals surface area contributed by atoms with Crippen LogP contribution < -0.4 is 4.74 Å². The molecule has 0 aliphatic heterocycles. The third-order valence-corrected chi connectivity index (χ3v) is 3.80. The summed E-state index contributed by atoms with van der Waals surface area (Å²) in [5, 5.41) is 2.93. The summed E-state index contributed by atoms with van der Waals surface area (Å²) in [6.07, 6.45) is 1.66. The van der Waals surface area contributed by atoms with Crippen LogP contribution in [0.3, 0.4) is 0 Å². The number of thiophene rings is 1. The van der Waals surface area contributed by atoms with Crippen molar-refractivity contribution >= 4 is 33.5 Å². The van der Waals surface area contributed by atoms with Crippen molar-refractivity contribution in [2.75, 3.05) is 28.1 Å². The molecule has 0 N–H and O–H groups in total. The molecule has 0 bridgehead atoms. The highest BCUT2D eigenvalue weighted by Crippen LogP contribution is 2.34. The van der Waals surface area contributed by atoms with Gasteiger partial charge in [0.1, 0.15) is 5.75 Å². The first-order valence-electron chi connectivity index (χ1n) is 6.17. The lowest BCUT2D eigenvalue weighted by molar-refractivity contribution is -0.139. The van der Waals surface area contributed by atoms with Crippen LogP contribution in [0.5, 0.6) is 5.75 Å². The minimum Gasteiger partial charge on any atom is -0.490 e. The maximum atomic E-state index is 11.6. The average Bonchev–Trinajstić information content (AvgIpc) is 3.00. The molecule has 1 heterocycles. The second-order valence-electron chi connectivity index (χ2n) is 4.07. The van der Waals surface area contributed by atoms with E-state index in [-0.39, 0.29) is 12.6 Å². The van der Waals surface area contributed by atoms with Gasteiger partial charge in [-0.25, -0.2) is 4.79 Å². The van der Waals surface area contributed by atoms with Crippen molar-refractivity contribution in [3.8, 4) is 5.75 Å². The minimum atomic E-state index is -0.512. The van der Waals surface area contributed by atoms with Crippen molar-refractivity contribution in [1.82, 2.24) is 0 Å². The van der Waals surface area contributed by atoms with E-state index in [1.54, 1.807) is 24.5 Å². The number of hydrogen-bond acceptors (Lipinski definition) is 6. The Kier molecular flexibility index (Phi) is 5.19. The number of rotatable bonds is 6. The van der Waals surface area contributed by atoms with E-state index < -0.39 is 5.97 Å². The van der Waals surface area contributed by atoms with Gasteiger partial charge in [0.2, 0.25) is 5.76 Å². The molecule has 5 nitrogen and oxygen atoms in total. The lowest BCUT2D eigenvalue weighted by Gasteiger charge is -2.08. The van der Waals surface area contributed by atoms with Crippen LogP contribution in [0.15, 0.2) is 29.3 Å². The normalized spacial score (nSPS) is 11.5. The first kappa shape index (κ1) is 15.3. The van der Waals surface area contributed by atoms with Crippen LogP contribution in [-0.2, 0) is 19.0 Å². The predicted molar refractivity (Wildman–Crippen MR) is 81.3 cm³/mol. The van der Waals surface area contributed by atoms with Crippen molar-refractivity contribution in [3.63, 3.8) is 0 Å². The number of carbonyl (C=O) groups is 1. The van der Waals surface area contributed by atoms with E-state index in [0.29, 0.717) is 0 Å². The maximum absolute atomic E-state index is 11.6. The molecule has 0 atom stereocenters. The molecule has 1 aromatic heterocycles. The fraction of sp³-hybridized carbons (Fsp3) is 0.267. The summed E-state index contributed by atoms with van der Waals surface area (Å²) >= 11 is 1.56. The van der Waals surface area contributed by atoms with Crippen molar-refractivity contribution in [2.45, 2.75) is 0 Å². The van der Waals surface area contributed by atoms with Crippen molar-refractivity contribution in [2.24, 2.45) is 0 Å². The predicted octanol–water partition coefficient (Wildman–Crippen LogP) is 3.04. The third kappa shape index (κ3) is 3.34. The van der Waals surface area contributed by atoms with E-state index in [9.17, 15) is 4.79 Å². The molecule has 0 saturated heterocycles. The molecule has 6 heteroatoms. The highest BCUT2D eigenvalue weighted by molar-refractivity contribution is 7.17.